The van der Waals surface area contributed by atoms with E-state index in [4.69, 9.17) is 0 Å². The smallest absolute Gasteiger partial charge is 0.296 e. The Kier molecular flexibility index (Phi) is 4.63. The molecule has 140 valence electrons. The van der Waals surface area contributed by atoms with Crippen LogP contribution in [-0.2, 0) is 17.1 Å². The zero-order valence-electron chi connectivity index (χ0n) is 14.5. The lowest BCUT2D eigenvalue weighted by Gasteiger charge is -2.08. The summed E-state index contributed by atoms with van der Waals surface area (Å²) in [6.45, 7) is 1.62. The van der Waals surface area contributed by atoms with Crippen LogP contribution in [0.15, 0.2) is 64.3 Å². The molecule has 0 radical (unpaired) electrons. The number of carbonyl (C=O) groups excluding carboxylic acids is 1. The molecule has 0 aliphatic carbocycles. The molecule has 0 fully saturated rings. The normalized spacial score (nSPS) is 11.3. The molecule has 2 aromatic carbocycles. The van der Waals surface area contributed by atoms with Gasteiger partial charge in [-0.1, -0.05) is 30.3 Å². The Hall–Kier alpha value is -3.33. The minimum atomic E-state index is -4.08. The van der Waals surface area contributed by atoms with Crippen molar-refractivity contribution in [3.63, 3.8) is 0 Å². The summed E-state index contributed by atoms with van der Waals surface area (Å²) < 4.78 is 30.4. The fraction of sp³-hybridized carbons (Fsp3) is 0.111. The van der Waals surface area contributed by atoms with E-state index in [1.165, 1.54) is 4.68 Å². The molecular weight excluding hydrogens is 370 g/mol. The number of carbonyl (C=O) groups is 1. The van der Waals surface area contributed by atoms with Gasteiger partial charge in [0.1, 0.15) is 5.69 Å². The summed E-state index contributed by atoms with van der Waals surface area (Å²) >= 11 is 0. The van der Waals surface area contributed by atoms with Crippen molar-refractivity contribution in [3.05, 3.63) is 76.2 Å². The van der Waals surface area contributed by atoms with E-state index in [0.29, 0.717) is 11.4 Å². The summed E-state index contributed by atoms with van der Waals surface area (Å²) in [6, 6.07) is 13.4. The number of anilines is 1. The first-order valence-electron chi connectivity index (χ1n) is 7.90. The molecule has 0 atom stereocenters. The number of hydrogen-bond acceptors (Lipinski definition) is 5. The highest BCUT2D eigenvalue weighted by molar-refractivity contribution is 7.92. The Labute approximate surface area is 155 Å². The van der Waals surface area contributed by atoms with Crippen molar-refractivity contribution >= 4 is 21.7 Å². The summed E-state index contributed by atoms with van der Waals surface area (Å²) in [5.74, 6) is -1.41. The predicted molar refractivity (Wildman–Crippen MR) is 97.3 cm³/mol. The average Bonchev–Trinajstić information content (AvgIpc) is 2.85. The number of aromatic nitrogens is 2. The van der Waals surface area contributed by atoms with Crippen LogP contribution in [0.25, 0.3) is 5.69 Å². The molecule has 1 N–H and O–H groups in total. The average molecular weight is 386 g/mol. The molecule has 3 rings (SSSR count). The van der Waals surface area contributed by atoms with E-state index in [1.807, 2.05) is 6.07 Å². The minimum absolute atomic E-state index is 0.0784. The largest absolute Gasteiger partial charge is 0.545 e. The van der Waals surface area contributed by atoms with Crippen LogP contribution in [0.5, 0.6) is 0 Å². The number of rotatable bonds is 5. The van der Waals surface area contributed by atoms with E-state index in [9.17, 15) is 23.1 Å². The zero-order valence-corrected chi connectivity index (χ0v) is 15.4. The van der Waals surface area contributed by atoms with Crippen LogP contribution in [0, 0.1) is 6.92 Å². The quantitative estimate of drug-likeness (QED) is 0.692. The van der Waals surface area contributed by atoms with Gasteiger partial charge in [0.05, 0.1) is 22.2 Å². The van der Waals surface area contributed by atoms with Crippen molar-refractivity contribution in [1.29, 1.82) is 0 Å². The number of carboxylic acids is 1. The maximum atomic E-state index is 12.8. The van der Waals surface area contributed by atoms with Gasteiger partial charge >= 0.3 is 0 Å². The third kappa shape index (κ3) is 3.36. The highest BCUT2D eigenvalue weighted by Crippen LogP contribution is 2.19. The second-order valence-corrected chi connectivity index (χ2v) is 7.54. The number of nitrogens with zero attached hydrogens (tertiary/aromatic N) is 2. The van der Waals surface area contributed by atoms with Gasteiger partial charge in [0.15, 0.2) is 0 Å². The molecule has 0 saturated heterocycles. The number of sulfonamides is 1. The van der Waals surface area contributed by atoms with Crippen LogP contribution < -0.4 is 15.4 Å². The fourth-order valence-corrected chi connectivity index (χ4v) is 3.77. The molecule has 9 heteroatoms. The second kappa shape index (κ2) is 6.76. The number of para-hydroxylation sites is 1. The molecule has 3 aromatic rings. The molecular formula is C18H16N3O5S-. The van der Waals surface area contributed by atoms with Gasteiger partial charge in [0.2, 0.25) is 0 Å². The Bertz CT molecular complexity index is 1160. The third-order valence-corrected chi connectivity index (χ3v) is 5.56. The van der Waals surface area contributed by atoms with Crippen molar-refractivity contribution in [2.24, 2.45) is 7.05 Å². The van der Waals surface area contributed by atoms with Gasteiger partial charge in [-0.05, 0) is 36.8 Å². The van der Waals surface area contributed by atoms with Gasteiger partial charge in [-0.15, -0.1) is 0 Å². The van der Waals surface area contributed by atoms with Crippen LogP contribution in [0.4, 0.5) is 5.69 Å². The van der Waals surface area contributed by atoms with E-state index in [0.717, 1.165) is 24.3 Å². The molecule has 1 aromatic heterocycles. The maximum Gasteiger partial charge on any atom is 0.296 e. The van der Waals surface area contributed by atoms with Gasteiger partial charge in [-0.2, -0.15) is 0 Å². The summed E-state index contributed by atoms with van der Waals surface area (Å²) in [5.41, 5.74) is 0.286. The fourth-order valence-electron chi connectivity index (χ4n) is 2.65. The number of aromatic carboxylic acids is 1. The van der Waals surface area contributed by atoms with Crippen LogP contribution in [0.1, 0.15) is 16.1 Å². The van der Waals surface area contributed by atoms with Crippen molar-refractivity contribution in [3.8, 4) is 5.69 Å². The second-order valence-electron chi connectivity index (χ2n) is 5.85. The molecule has 0 unspecified atom stereocenters. The number of nitrogens with one attached hydrogen (secondary N) is 1. The Morgan fingerprint density at radius 1 is 1.04 bits per heavy atom. The monoisotopic (exact) mass is 386 g/mol. The summed E-state index contributed by atoms with van der Waals surface area (Å²) in [5, 5.41) is 10.8. The van der Waals surface area contributed by atoms with Crippen molar-refractivity contribution in [2.75, 3.05) is 4.72 Å². The van der Waals surface area contributed by atoms with Crippen LogP contribution in [0.2, 0.25) is 0 Å². The number of carboxylic acid groups (broad SMARTS) is 1. The number of benzene rings is 2. The van der Waals surface area contributed by atoms with E-state index < -0.39 is 21.6 Å². The van der Waals surface area contributed by atoms with Gasteiger partial charge in [0, 0.05) is 7.05 Å². The highest BCUT2D eigenvalue weighted by atomic mass is 32.2. The standard InChI is InChI=1S/C18H17N3O5S/c1-12-16(17(22)21(20(12)2)14-6-4-3-5-7-14)19-27(25,26)15-10-8-13(9-11-15)18(23)24/h3-11,19H,1-2H3,(H,23,24)/p-1. The topological polar surface area (TPSA) is 113 Å². The summed E-state index contributed by atoms with van der Waals surface area (Å²) in [4.78, 5) is 23.4. The first-order valence-corrected chi connectivity index (χ1v) is 9.39. The molecule has 1 heterocycles. The maximum absolute atomic E-state index is 12.8. The molecule has 0 aliphatic rings. The van der Waals surface area contributed by atoms with Crippen LogP contribution in [-0.4, -0.2) is 23.8 Å². The highest BCUT2D eigenvalue weighted by Gasteiger charge is 2.22. The Morgan fingerprint density at radius 2 is 1.63 bits per heavy atom. The number of hydrogen-bond donors (Lipinski definition) is 1. The first-order chi connectivity index (χ1) is 12.7. The third-order valence-electron chi connectivity index (χ3n) is 4.19. The summed E-state index contributed by atoms with van der Waals surface area (Å²) in [6.07, 6.45) is 0. The zero-order chi connectivity index (χ0) is 19.8. The van der Waals surface area contributed by atoms with Crippen molar-refractivity contribution < 1.29 is 18.3 Å². The van der Waals surface area contributed by atoms with E-state index in [-0.39, 0.29) is 16.1 Å². The van der Waals surface area contributed by atoms with Crippen molar-refractivity contribution in [2.45, 2.75) is 11.8 Å². The van der Waals surface area contributed by atoms with Gasteiger partial charge in [-0.3, -0.25) is 14.2 Å². The van der Waals surface area contributed by atoms with Crippen LogP contribution >= 0.6 is 0 Å². The SMILES string of the molecule is Cc1c(NS(=O)(=O)c2ccc(C(=O)[O-])cc2)c(=O)n(-c2ccccc2)n1C. The molecule has 8 nitrogen and oxygen atoms in total. The molecule has 0 amide bonds. The lowest BCUT2D eigenvalue weighted by Crippen LogP contribution is -2.23. The van der Waals surface area contributed by atoms with E-state index in [2.05, 4.69) is 4.72 Å². The Morgan fingerprint density at radius 3 is 2.19 bits per heavy atom. The van der Waals surface area contributed by atoms with Gasteiger partial charge in [0.25, 0.3) is 15.6 Å². The first kappa shape index (κ1) is 18.5. The van der Waals surface area contributed by atoms with E-state index in [1.54, 1.807) is 42.9 Å². The predicted octanol–water partition coefficient (Wildman–Crippen LogP) is 0.649. The molecule has 0 saturated carbocycles. The van der Waals surface area contributed by atoms with Crippen LogP contribution in [0.3, 0.4) is 0 Å². The molecule has 0 bridgehead atoms. The van der Waals surface area contributed by atoms with E-state index >= 15 is 0 Å². The minimum Gasteiger partial charge on any atom is -0.545 e. The molecule has 0 spiro atoms. The molecule has 0 aliphatic heterocycles. The Balaban J connectivity index is 2.03. The molecule has 27 heavy (non-hydrogen) atoms. The lowest BCUT2D eigenvalue weighted by atomic mass is 10.2. The van der Waals surface area contributed by atoms with Gasteiger partial charge < -0.3 is 9.90 Å². The summed E-state index contributed by atoms with van der Waals surface area (Å²) in [7, 11) is -2.43. The van der Waals surface area contributed by atoms with Gasteiger partial charge in [-0.25, -0.2) is 13.1 Å². The van der Waals surface area contributed by atoms with Crippen molar-refractivity contribution in [1.82, 2.24) is 9.36 Å². The lowest BCUT2D eigenvalue weighted by molar-refractivity contribution is -0.255.